The number of methoxy groups -OCH3 is 1. The zero-order chi connectivity index (χ0) is 24.3. The van der Waals surface area contributed by atoms with Gasteiger partial charge in [0.05, 0.1) is 31.0 Å². The summed E-state index contributed by atoms with van der Waals surface area (Å²) in [5, 5.41) is 24.5. The second-order valence-electron chi connectivity index (χ2n) is 8.92. The van der Waals surface area contributed by atoms with Gasteiger partial charge >= 0.3 is 0 Å². The van der Waals surface area contributed by atoms with Crippen LogP contribution in [0, 0.1) is 5.92 Å². The van der Waals surface area contributed by atoms with E-state index in [-0.39, 0.29) is 17.2 Å². The fraction of sp³-hybridized carbons (Fsp3) is 0.308. The first kappa shape index (κ1) is 22.8. The number of pyridine rings is 1. The monoisotopic (exact) mass is 524 g/mol. The van der Waals surface area contributed by atoms with Gasteiger partial charge in [-0.15, -0.1) is 0 Å². The number of hydrogen-bond donors (Lipinski definition) is 2. The second kappa shape index (κ2) is 8.08. The Morgan fingerprint density at radius 3 is 2.41 bits per heavy atom. The Morgan fingerprint density at radius 2 is 1.79 bits per heavy atom. The number of hydrogen-bond acceptors (Lipinski definition) is 6. The molecule has 7 nitrogen and oxygen atoms in total. The van der Waals surface area contributed by atoms with Gasteiger partial charge in [-0.1, -0.05) is 58.4 Å². The van der Waals surface area contributed by atoms with Crippen LogP contribution in [-0.2, 0) is 16.0 Å². The molecule has 1 amide bonds. The van der Waals surface area contributed by atoms with Gasteiger partial charge in [-0.05, 0) is 23.3 Å². The van der Waals surface area contributed by atoms with Gasteiger partial charge in [0.2, 0.25) is 5.91 Å². The van der Waals surface area contributed by atoms with Crippen LogP contribution in [0.4, 0.5) is 0 Å². The molecule has 5 atom stereocenters. The molecule has 1 unspecified atom stereocenters. The zero-order valence-electron chi connectivity index (χ0n) is 19.0. The van der Waals surface area contributed by atoms with Crippen molar-refractivity contribution in [1.82, 2.24) is 9.88 Å². The van der Waals surface area contributed by atoms with Gasteiger partial charge in [0.25, 0.3) is 0 Å². The number of rotatable bonds is 4. The summed E-state index contributed by atoms with van der Waals surface area (Å²) < 4.78 is 13.0. The van der Waals surface area contributed by atoms with E-state index in [9.17, 15) is 15.0 Å². The molecule has 1 saturated carbocycles. The molecule has 2 heterocycles. The number of ether oxygens (including phenoxy) is 2. The summed E-state index contributed by atoms with van der Waals surface area (Å²) in [4.78, 5) is 19.2. The summed E-state index contributed by atoms with van der Waals surface area (Å²) >= 11 is 3.47. The van der Waals surface area contributed by atoms with E-state index in [0.29, 0.717) is 11.3 Å². The fourth-order valence-corrected chi connectivity index (χ4v) is 5.93. The minimum atomic E-state index is -2.00. The molecule has 2 aromatic carbocycles. The number of amides is 1. The topological polar surface area (TPSA) is 92.1 Å². The minimum Gasteiger partial charge on any atom is -0.495 e. The first-order valence-electron chi connectivity index (χ1n) is 10.9. The SMILES string of the molecule is COc1cncc2c1[C@]1(O)[C@H](O)[C@H](C(=O)N(C)C)C(c3ccccc3)[C@]1(c1ccc(Br)cc1)O2. The third-order valence-electron chi connectivity index (χ3n) is 7.04. The lowest BCUT2D eigenvalue weighted by Gasteiger charge is -2.40. The van der Waals surface area contributed by atoms with Crippen LogP contribution in [0.5, 0.6) is 11.5 Å². The molecular formula is C26H25BrN2O5. The lowest BCUT2D eigenvalue weighted by Crippen LogP contribution is -2.52. The minimum absolute atomic E-state index is 0.280. The molecule has 0 bridgehead atoms. The first-order valence-corrected chi connectivity index (χ1v) is 11.7. The van der Waals surface area contributed by atoms with Gasteiger partial charge in [-0.2, -0.15) is 0 Å². The lowest BCUT2D eigenvalue weighted by molar-refractivity contribution is -0.156. The quantitative estimate of drug-likeness (QED) is 0.544. The lowest BCUT2D eigenvalue weighted by atomic mass is 9.70. The van der Waals surface area contributed by atoms with Gasteiger partial charge in [0.15, 0.2) is 11.2 Å². The largest absolute Gasteiger partial charge is 0.495 e. The van der Waals surface area contributed by atoms with Crippen molar-refractivity contribution in [3.63, 3.8) is 0 Å². The summed E-state index contributed by atoms with van der Waals surface area (Å²) in [5.41, 5.74) is -1.85. The normalized spacial score (nSPS) is 29.2. The van der Waals surface area contributed by atoms with Crippen LogP contribution in [0.15, 0.2) is 71.5 Å². The summed E-state index contributed by atoms with van der Waals surface area (Å²) in [6.45, 7) is 0. The third-order valence-corrected chi connectivity index (χ3v) is 7.57. The van der Waals surface area contributed by atoms with E-state index in [0.717, 1.165) is 10.0 Å². The number of halogens is 1. The number of aliphatic hydroxyl groups excluding tert-OH is 1. The molecule has 2 aliphatic rings. The fourth-order valence-electron chi connectivity index (χ4n) is 5.67. The second-order valence-corrected chi connectivity index (χ2v) is 9.83. The predicted octanol–water partition coefficient (Wildman–Crippen LogP) is 3.19. The molecule has 0 radical (unpaired) electrons. The van der Waals surface area contributed by atoms with Crippen LogP contribution in [0.2, 0.25) is 0 Å². The van der Waals surface area contributed by atoms with Crippen molar-refractivity contribution in [2.45, 2.75) is 23.2 Å². The van der Waals surface area contributed by atoms with Gasteiger partial charge in [-0.25, -0.2) is 0 Å². The summed E-state index contributed by atoms with van der Waals surface area (Å²) in [5.74, 6) is -1.43. The average Bonchev–Trinajstić information content (AvgIpc) is 3.22. The summed E-state index contributed by atoms with van der Waals surface area (Å²) in [6.07, 6.45) is 1.49. The highest BCUT2D eigenvalue weighted by molar-refractivity contribution is 9.10. The molecule has 5 rings (SSSR count). The highest BCUT2D eigenvalue weighted by Gasteiger charge is 2.78. The maximum Gasteiger partial charge on any atom is 0.228 e. The Kier molecular flexibility index (Phi) is 5.42. The molecule has 2 N–H and O–H groups in total. The smallest absolute Gasteiger partial charge is 0.228 e. The number of carbonyl (C=O) groups is 1. The molecule has 1 aromatic heterocycles. The molecule has 0 saturated heterocycles. The molecule has 8 heteroatoms. The molecule has 1 fully saturated rings. The Morgan fingerprint density at radius 1 is 1.12 bits per heavy atom. The average molecular weight is 525 g/mol. The zero-order valence-corrected chi connectivity index (χ0v) is 20.6. The number of fused-ring (bicyclic) bond motifs is 3. The van der Waals surface area contributed by atoms with Crippen molar-refractivity contribution in [2.75, 3.05) is 21.2 Å². The van der Waals surface area contributed by atoms with Crippen molar-refractivity contribution in [1.29, 1.82) is 0 Å². The van der Waals surface area contributed by atoms with Crippen molar-refractivity contribution in [3.05, 3.63) is 88.2 Å². The van der Waals surface area contributed by atoms with Gasteiger partial charge < -0.3 is 24.6 Å². The van der Waals surface area contributed by atoms with E-state index in [2.05, 4.69) is 20.9 Å². The Bertz CT molecular complexity index is 1240. The van der Waals surface area contributed by atoms with Crippen LogP contribution < -0.4 is 9.47 Å². The van der Waals surface area contributed by atoms with Crippen LogP contribution in [0.1, 0.15) is 22.6 Å². The Balaban J connectivity index is 1.89. The number of aliphatic hydroxyl groups is 2. The summed E-state index contributed by atoms with van der Waals surface area (Å²) in [6, 6.07) is 16.8. The highest BCUT2D eigenvalue weighted by atomic mass is 79.9. The van der Waals surface area contributed by atoms with E-state index in [4.69, 9.17) is 9.47 Å². The molecular weight excluding hydrogens is 500 g/mol. The first-order chi connectivity index (χ1) is 16.3. The van der Waals surface area contributed by atoms with Crippen molar-refractivity contribution < 1.29 is 24.5 Å². The van der Waals surface area contributed by atoms with Crippen molar-refractivity contribution in [3.8, 4) is 11.5 Å². The number of carbonyl (C=O) groups excluding carboxylic acids is 1. The summed E-state index contributed by atoms with van der Waals surface area (Å²) in [7, 11) is 4.75. The van der Waals surface area contributed by atoms with E-state index in [1.807, 2.05) is 54.6 Å². The predicted molar refractivity (Wildman–Crippen MR) is 129 cm³/mol. The van der Waals surface area contributed by atoms with Gasteiger partial charge in [-0.3, -0.25) is 9.78 Å². The van der Waals surface area contributed by atoms with E-state index < -0.39 is 29.1 Å². The van der Waals surface area contributed by atoms with E-state index in [1.165, 1.54) is 24.4 Å². The molecule has 176 valence electrons. The van der Waals surface area contributed by atoms with Crippen molar-refractivity contribution in [2.24, 2.45) is 5.92 Å². The Hall–Kier alpha value is -2.94. The standard InChI is InChI=1S/C26H25BrN2O5/c1-29(2)24(31)20-21(15-7-5-4-6-8-15)26(16-9-11-17(27)12-10-16)25(32,23(20)30)22-18(33-3)13-28-14-19(22)34-26/h4-14,20-21,23,30,32H,1-3H3/t20-,21?,23-,25+,26+/m1/s1. The molecule has 1 aliphatic carbocycles. The highest BCUT2D eigenvalue weighted by Crippen LogP contribution is 2.69. The van der Waals surface area contributed by atoms with E-state index >= 15 is 0 Å². The maximum absolute atomic E-state index is 13.6. The van der Waals surface area contributed by atoms with Crippen LogP contribution in [0.25, 0.3) is 0 Å². The van der Waals surface area contributed by atoms with Crippen LogP contribution >= 0.6 is 15.9 Å². The Labute approximate surface area is 206 Å². The molecule has 3 aromatic rings. The van der Waals surface area contributed by atoms with Gasteiger partial charge in [0, 0.05) is 24.5 Å². The van der Waals surface area contributed by atoms with Crippen LogP contribution in [0.3, 0.4) is 0 Å². The number of aromatic nitrogens is 1. The molecule has 34 heavy (non-hydrogen) atoms. The molecule has 0 spiro atoms. The van der Waals surface area contributed by atoms with E-state index in [1.54, 1.807) is 14.1 Å². The third kappa shape index (κ3) is 2.88. The number of nitrogens with zero attached hydrogens (tertiary/aromatic N) is 2. The maximum atomic E-state index is 13.6. The van der Waals surface area contributed by atoms with Gasteiger partial charge in [0.1, 0.15) is 17.6 Å². The molecule has 1 aliphatic heterocycles. The number of benzene rings is 2. The van der Waals surface area contributed by atoms with Crippen molar-refractivity contribution >= 4 is 21.8 Å². The van der Waals surface area contributed by atoms with Crippen LogP contribution in [-0.4, -0.2) is 53.3 Å².